The molecule has 19 heavy (non-hydrogen) atoms. The van der Waals surface area contributed by atoms with E-state index in [1.165, 1.54) is 6.07 Å². The van der Waals surface area contributed by atoms with Crippen LogP contribution < -0.4 is 10.9 Å². The Kier molecular flexibility index (Phi) is 4.06. The lowest BCUT2D eigenvalue weighted by Gasteiger charge is -2.07. The molecule has 0 aliphatic rings. The molecule has 0 aliphatic carbocycles. The zero-order valence-electron chi connectivity index (χ0n) is 11.0. The molecule has 0 unspecified atom stereocenters. The Morgan fingerprint density at radius 2 is 2.11 bits per heavy atom. The number of benzene rings is 1. The summed E-state index contributed by atoms with van der Waals surface area (Å²) in [4.78, 5) is 18.9. The molecule has 0 fully saturated rings. The molecule has 2 N–H and O–H groups in total. The van der Waals surface area contributed by atoms with E-state index < -0.39 is 5.82 Å². The number of nitrogens with one attached hydrogen (secondary N) is 2. The molecule has 5 heteroatoms. The second-order valence-electron chi connectivity index (χ2n) is 4.31. The van der Waals surface area contributed by atoms with Crippen LogP contribution in [-0.2, 0) is 6.42 Å². The Hall–Kier alpha value is -2.01. The highest BCUT2D eigenvalue weighted by atomic mass is 19.1. The van der Waals surface area contributed by atoms with Crippen molar-refractivity contribution in [2.45, 2.75) is 13.3 Å². The number of likely N-dealkylation sites (N-methyl/N-ethyl adjacent to an activating group) is 1. The van der Waals surface area contributed by atoms with Crippen molar-refractivity contribution < 1.29 is 4.39 Å². The number of aromatic nitrogens is 2. The van der Waals surface area contributed by atoms with E-state index in [0.29, 0.717) is 29.8 Å². The molecule has 1 aromatic carbocycles. The maximum absolute atomic E-state index is 13.7. The first-order valence-electron chi connectivity index (χ1n) is 6.12. The Labute approximate surface area is 110 Å². The molecule has 1 aromatic heterocycles. The van der Waals surface area contributed by atoms with E-state index >= 15 is 0 Å². The third-order valence-corrected chi connectivity index (χ3v) is 2.98. The predicted molar refractivity (Wildman–Crippen MR) is 72.6 cm³/mol. The molecule has 0 bridgehead atoms. The highest BCUT2D eigenvalue weighted by Gasteiger charge is 2.11. The van der Waals surface area contributed by atoms with Gasteiger partial charge in [-0.1, -0.05) is 12.1 Å². The Bertz CT molecular complexity index is 637. The van der Waals surface area contributed by atoms with Gasteiger partial charge >= 0.3 is 0 Å². The maximum atomic E-state index is 13.7. The number of halogens is 1. The fourth-order valence-corrected chi connectivity index (χ4v) is 1.94. The van der Waals surface area contributed by atoms with Crippen LogP contribution in [0.3, 0.4) is 0 Å². The SMILES string of the molecule is CNCCc1c(C)nc(-c2ccccc2F)[nH]c1=O. The van der Waals surface area contributed by atoms with E-state index in [4.69, 9.17) is 0 Å². The van der Waals surface area contributed by atoms with Crippen LogP contribution in [-0.4, -0.2) is 23.6 Å². The predicted octanol–water partition coefficient (Wildman–Crippen LogP) is 1.65. The second kappa shape index (κ2) is 5.75. The molecule has 0 amide bonds. The molecule has 2 rings (SSSR count). The van der Waals surface area contributed by atoms with Crippen LogP contribution in [0, 0.1) is 12.7 Å². The van der Waals surface area contributed by atoms with Gasteiger partial charge in [0.15, 0.2) is 0 Å². The third-order valence-electron chi connectivity index (χ3n) is 2.98. The molecule has 100 valence electrons. The van der Waals surface area contributed by atoms with E-state index in [9.17, 15) is 9.18 Å². The standard InChI is InChI=1S/C14H16FN3O/c1-9-10(7-8-16-2)14(19)18-13(17-9)11-5-3-4-6-12(11)15/h3-6,16H,7-8H2,1-2H3,(H,17,18,19). The van der Waals surface area contributed by atoms with Gasteiger partial charge in [0.2, 0.25) is 0 Å². The molecule has 0 spiro atoms. The molecule has 0 saturated carbocycles. The zero-order valence-corrected chi connectivity index (χ0v) is 11.0. The summed E-state index contributed by atoms with van der Waals surface area (Å²) in [6.07, 6.45) is 0.599. The quantitative estimate of drug-likeness (QED) is 0.879. The Balaban J connectivity index is 2.46. The van der Waals surface area contributed by atoms with Crippen molar-refractivity contribution in [2.24, 2.45) is 0 Å². The number of rotatable bonds is 4. The van der Waals surface area contributed by atoms with Crippen molar-refractivity contribution in [1.29, 1.82) is 0 Å². The van der Waals surface area contributed by atoms with Gasteiger partial charge in [0.05, 0.1) is 5.56 Å². The molecule has 2 aromatic rings. The van der Waals surface area contributed by atoms with E-state index in [-0.39, 0.29) is 11.4 Å². The van der Waals surface area contributed by atoms with Gasteiger partial charge in [-0.05, 0) is 39.1 Å². The lowest BCUT2D eigenvalue weighted by atomic mass is 10.1. The fourth-order valence-electron chi connectivity index (χ4n) is 1.94. The van der Waals surface area contributed by atoms with Crippen LogP contribution in [0.25, 0.3) is 11.4 Å². The topological polar surface area (TPSA) is 57.8 Å². The third kappa shape index (κ3) is 2.88. The molecular formula is C14H16FN3O. The van der Waals surface area contributed by atoms with Gasteiger partial charge in [-0.2, -0.15) is 0 Å². The number of hydrogen-bond acceptors (Lipinski definition) is 3. The Morgan fingerprint density at radius 1 is 1.37 bits per heavy atom. The highest BCUT2D eigenvalue weighted by Crippen LogP contribution is 2.18. The zero-order chi connectivity index (χ0) is 13.8. The smallest absolute Gasteiger partial charge is 0.254 e. The Morgan fingerprint density at radius 3 is 2.74 bits per heavy atom. The monoisotopic (exact) mass is 261 g/mol. The van der Waals surface area contributed by atoms with Crippen LogP contribution in [0.4, 0.5) is 4.39 Å². The number of aryl methyl sites for hydroxylation is 1. The van der Waals surface area contributed by atoms with Crippen LogP contribution in [0.15, 0.2) is 29.1 Å². The largest absolute Gasteiger partial charge is 0.319 e. The minimum absolute atomic E-state index is 0.207. The summed E-state index contributed by atoms with van der Waals surface area (Å²) in [6.45, 7) is 2.47. The summed E-state index contributed by atoms with van der Waals surface area (Å²) in [5, 5.41) is 2.99. The maximum Gasteiger partial charge on any atom is 0.254 e. The minimum atomic E-state index is -0.395. The number of nitrogens with zero attached hydrogens (tertiary/aromatic N) is 1. The number of H-pyrrole nitrogens is 1. The van der Waals surface area contributed by atoms with Crippen LogP contribution in [0.1, 0.15) is 11.3 Å². The van der Waals surface area contributed by atoms with E-state index in [0.717, 1.165) is 0 Å². The molecular weight excluding hydrogens is 245 g/mol. The van der Waals surface area contributed by atoms with Gasteiger partial charge in [-0.3, -0.25) is 4.79 Å². The van der Waals surface area contributed by atoms with Gasteiger partial charge in [-0.15, -0.1) is 0 Å². The fraction of sp³-hybridized carbons (Fsp3) is 0.286. The normalized spacial score (nSPS) is 10.7. The molecule has 0 radical (unpaired) electrons. The summed E-state index contributed by atoms with van der Waals surface area (Å²) in [6, 6.07) is 6.26. The van der Waals surface area contributed by atoms with Gasteiger partial charge < -0.3 is 10.3 Å². The van der Waals surface area contributed by atoms with E-state index in [2.05, 4.69) is 15.3 Å². The number of hydrogen-bond donors (Lipinski definition) is 2. The van der Waals surface area contributed by atoms with E-state index in [1.807, 2.05) is 7.05 Å². The summed E-state index contributed by atoms with van der Waals surface area (Å²) in [5.74, 6) is -0.123. The van der Waals surface area contributed by atoms with E-state index in [1.54, 1.807) is 25.1 Å². The van der Waals surface area contributed by atoms with Crippen molar-refractivity contribution >= 4 is 0 Å². The summed E-state index contributed by atoms with van der Waals surface area (Å²) >= 11 is 0. The average molecular weight is 261 g/mol. The van der Waals surface area contributed by atoms with Gasteiger partial charge in [0.25, 0.3) is 5.56 Å². The minimum Gasteiger partial charge on any atom is -0.319 e. The number of aromatic amines is 1. The van der Waals surface area contributed by atoms with Crippen molar-refractivity contribution in [2.75, 3.05) is 13.6 Å². The highest BCUT2D eigenvalue weighted by molar-refractivity contribution is 5.55. The molecule has 1 heterocycles. The first kappa shape index (κ1) is 13.4. The second-order valence-corrected chi connectivity index (χ2v) is 4.31. The summed E-state index contributed by atoms with van der Waals surface area (Å²) in [7, 11) is 1.82. The van der Waals surface area contributed by atoms with Crippen molar-refractivity contribution in [1.82, 2.24) is 15.3 Å². The van der Waals surface area contributed by atoms with Gasteiger partial charge in [-0.25, -0.2) is 9.37 Å². The summed E-state index contributed by atoms with van der Waals surface area (Å²) < 4.78 is 13.7. The molecule has 0 atom stereocenters. The van der Waals surface area contributed by atoms with Crippen molar-refractivity contribution in [3.8, 4) is 11.4 Å². The van der Waals surface area contributed by atoms with Gasteiger partial charge in [0.1, 0.15) is 11.6 Å². The molecule has 0 aliphatic heterocycles. The lowest BCUT2D eigenvalue weighted by Crippen LogP contribution is -2.22. The van der Waals surface area contributed by atoms with Crippen molar-refractivity contribution in [3.05, 3.63) is 51.7 Å². The van der Waals surface area contributed by atoms with Crippen LogP contribution >= 0.6 is 0 Å². The van der Waals surface area contributed by atoms with Crippen LogP contribution in [0.2, 0.25) is 0 Å². The molecule has 0 saturated heterocycles. The van der Waals surface area contributed by atoms with Crippen molar-refractivity contribution in [3.63, 3.8) is 0 Å². The molecule has 4 nitrogen and oxygen atoms in total. The lowest BCUT2D eigenvalue weighted by molar-refractivity contribution is 0.629. The summed E-state index contributed by atoms with van der Waals surface area (Å²) in [5.41, 5.74) is 1.37. The first-order chi connectivity index (χ1) is 9.13. The van der Waals surface area contributed by atoms with Gasteiger partial charge in [0, 0.05) is 11.3 Å². The van der Waals surface area contributed by atoms with Crippen LogP contribution in [0.5, 0.6) is 0 Å². The first-order valence-corrected chi connectivity index (χ1v) is 6.12. The average Bonchev–Trinajstić information content (AvgIpc) is 2.38.